The Hall–Kier alpha value is -4.38. The lowest BCUT2D eigenvalue weighted by Crippen LogP contribution is -2.41. The van der Waals surface area contributed by atoms with Crippen LogP contribution in [0.15, 0.2) is 52.1 Å². The Morgan fingerprint density at radius 2 is 1.63 bits per heavy atom. The highest BCUT2D eigenvalue weighted by Gasteiger charge is 2.27. The summed E-state index contributed by atoms with van der Waals surface area (Å²) in [6.45, 7) is 7.45. The number of esters is 2. The van der Waals surface area contributed by atoms with Gasteiger partial charge < -0.3 is 18.9 Å². The second kappa shape index (κ2) is 12.0. The molecule has 0 N–H and O–H groups in total. The molecule has 11 heteroatoms. The quantitative estimate of drug-likeness (QED) is 0.237. The topological polar surface area (TPSA) is 126 Å². The molecule has 0 amide bonds. The second-order valence-electron chi connectivity index (χ2n) is 10.5. The summed E-state index contributed by atoms with van der Waals surface area (Å²) in [4.78, 5) is 61.0. The number of nitrogens with zero attached hydrogens (tertiary/aromatic N) is 5. The van der Waals surface area contributed by atoms with E-state index in [0.29, 0.717) is 31.4 Å². The molecule has 0 aliphatic carbocycles. The Bertz CT molecular complexity index is 1670. The van der Waals surface area contributed by atoms with Crippen molar-refractivity contribution in [2.24, 2.45) is 5.92 Å². The van der Waals surface area contributed by atoms with E-state index in [1.54, 1.807) is 0 Å². The number of hydrogen-bond donors (Lipinski definition) is 0. The van der Waals surface area contributed by atoms with Gasteiger partial charge in [0.15, 0.2) is 18.2 Å². The third-order valence-electron chi connectivity index (χ3n) is 7.64. The molecule has 3 aliphatic heterocycles. The van der Waals surface area contributed by atoms with E-state index < -0.39 is 23.9 Å². The summed E-state index contributed by atoms with van der Waals surface area (Å²) in [5.41, 5.74) is 2.97. The van der Waals surface area contributed by atoms with E-state index >= 15 is 0 Å². The van der Waals surface area contributed by atoms with Gasteiger partial charge in [-0.15, -0.1) is 0 Å². The molecule has 0 unspecified atom stereocenters. The van der Waals surface area contributed by atoms with Gasteiger partial charge in [0.05, 0.1) is 17.0 Å². The normalized spacial score (nSPS) is 14.4. The fraction of sp³-hybridized carbons (Fsp3) is 0.400. The molecular weight excluding hydrogens is 526 g/mol. The number of piperidine rings is 1. The van der Waals surface area contributed by atoms with E-state index in [4.69, 9.17) is 9.47 Å². The van der Waals surface area contributed by atoms with Crippen molar-refractivity contribution in [2.45, 2.75) is 53.5 Å². The first-order valence-corrected chi connectivity index (χ1v) is 13.7. The van der Waals surface area contributed by atoms with E-state index in [-0.39, 0.29) is 30.0 Å². The SMILES string of the molecule is CC(=O)OCn1c(=O)nc2n(CCN3CCC(C(=O)OCc4ccccc4)CC3)c3cc(C)c(C)cc3nc-2c1=O. The van der Waals surface area contributed by atoms with Crippen LogP contribution in [-0.4, -0.2) is 55.6 Å². The van der Waals surface area contributed by atoms with Gasteiger partial charge in [0, 0.05) is 20.0 Å². The van der Waals surface area contributed by atoms with Gasteiger partial charge in [-0.25, -0.2) is 14.3 Å². The maximum Gasteiger partial charge on any atom is 0.355 e. The van der Waals surface area contributed by atoms with Crippen LogP contribution in [0.25, 0.3) is 22.6 Å². The van der Waals surface area contributed by atoms with Crippen molar-refractivity contribution in [1.29, 1.82) is 0 Å². The van der Waals surface area contributed by atoms with E-state index in [2.05, 4.69) is 14.9 Å². The molecule has 2 aromatic carbocycles. The van der Waals surface area contributed by atoms with Gasteiger partial charge in [-0.2, -0.15) is 4.98 Å². The van der Waals surface area contributed by atoms with Gasteiger partial charge in [-0.3, -0.25) is 14.4 Å². The van der Waals surface area contributed by atoms with Crippen LogP contribution >= 0.6 is 0 Å². The highest BCUT2D eigenvalue weighted by molar-refractivity contribution is 5.81. The molecule has 5 rings (SSSR count). The smallest absolute Gasteiger partial charge is 0.355 e. The van der Waals surface area contributed by atoms with Crippen LogP contribution in [0.4, 0.5) is 0 Å². The number of rotatable bonds is 8. The number of hydrogen-bond acceptors (Lipinski definition) is 9. The van der Waals surface area contributed by atoms with Crippen LogP contribution in [0.2, 0.25) is 0 Å². The maximum atomic E-state index is 13.3. The molecule has 0 radical (unpaired) electrons. The number of carbonyl (C=O) groups excluding carboxylic acids is 2. The molecule has 2 aromatic rings. The Morgan fingerprint density at radius 1 is 0.927 bits per heavy atom. The molecule has 0 atom stereocenters. The number of fused-ring (bicyclic) bond motifs is 2. The number of aromatic nitrogens is 4. The molecule has 214 valence electrons. The summed E-state index contributed by atoms with van der Waals surface area (Å²) in [5, 5.41) is 0. The average Bonchev–Trinajstić information content (AvgIpc) is 2.96. The number of aryl methyl sites for hydroxylation is 2. The summed E-state index contributed by atoms with van der Waals surface area (Å²) in [5.74, 6) is -0.736. The highest BCUT2D eigenvalue weighted by atomic mass is 16.5. The second-order valence-corrected chi connectivity index (χ2v) is 10.5. The van der Waals surface area contributed by atoms with Crippen molar-refractivity contribution in [3.8, 4) is 11.5 Å². The Balaban J connectivity index is 1.34. The largest absolute Gasteiger partial charge is 0.461 e. The molecule has 1 fully saturated rings. The van der Waals surface area contributed by atoms with Crippen LogP contribution in [0.5, 0.6) is 0 Å². The summed E-state index contributed by atoms with van der Waals surface area (Å²) in [6.07, 6.45) is 1.39. The van der Waals surface area contributed by atoms with E-state index in [1.807, 2.05) is 60.9 Å². The van der Waals surface area contributed by atoms with Gasteiger partial charge >= 0.3 is 17.6 Å². The lowest BCUT2D eigenvalue weighted by atomic mass is 9.97. The summed E-state index contributed by atoms with van der Waals surface area (Å²) >= 11 is 0. The minimum Gasteiger partial charge on any atom is -0.461 e. The zero-order chi connectivity index (χ0) is 29.1. The van der Waals surface area contributed by atoms with Gasteiger partial charge in [-0.1, -0.05) is 30.3 Å². The molecule has 0 aromatic heterocycles. The van der Waals surface area contributed by atoms with E-state index in [9.17, 15) is 19.2 Å². The van der Waals surface area contributed by atoms with Crippen molar-refractivity contribution in [3.63, 3.8) is 0 Å². The monoisotopic (exact) mass is 559 g/mol. The summed E-state index contributed by atoms with van der Waals surface area (Å²) in [7, 11) is 0. The molecule has 0 bridgehead atoms. The molecule has 3 heterocycles. The van der Waals surface area contributed by atoms with Gasteiger partial charge in [0.1, 0.15) is 6.61 Å². The first-order valence-electron chi connectivity index (χ1n) is 13.7. The lowest BCUT2D eigenvalue weighted by Gasteiger charge is -2.31. The summed E-state index contributed by atoms with van der Waals surface area (Å²) < 4.78 is 13.1. The predicted molar refractivity (Wildman–Crippen MR) is 151 cm³/mol. The standard InChI is InChI=1S/C30H33N5O6/c1-19-15-24-25(16-20(19)2)34(27-26(31-24)28(37)35(30(39)32-27)18-41-21(3)36)14-13-33-11-9-23(10-12-33)29(38)40-17-22-7-5-4-6-8-22/h4-8,15-16,23H,9-14,17-18H2,1-3H3. The Labute approximate surface area is 236 Å². The fourth-order valence-corrected chi connectivity index (χ4v) is 5.10. The van der Waals surface area contributed by atoms with Crippen molar-refractivity contribution < 1.29 is 19.1 Å². The van der Waals surface area contributed by atoms with Gasteiger partial charge in [-0.05, 0) is 68.6 Å². The number of benzene rings is 2. The van der Waals surface area contributed by atoms with E-state index in [1.165, 1.54) is 6.92 Å². The minimum atomic E-state index is -0.808. The van der Waals surface area contributed by atoms with Crippen molar-refractivity contribution >= 4 is 23.0 Å². The van der Waals surface area contributed by atoms with Crippen molar-refractivity contribution in [2.75, 3.05) is 19.6 Å². The molecule has 1 saturated heterocycles. The predicted octanol–water partition coefficient (Wildman–Crippen LogP) is 2.65. The summed E-state index contributed by atoms with van der Waals surface area (Å²) in [6, 6.07) is 13.5. The molecule has 0 spiro atoms. The number of ether oxygens (including phenoxy) is 2. The Kier molecular flexibility index (Phi) is 8.25. The zero-order valence-electron chi connectivity index (χ0n) is 23.5. The third kappa shape index (κ3) is 6.19. The molecular formula is C30H33N5O6. The van der Waals surface area contributed by atoms with Gasteiger partial charge in [0.25, 0.3) is 5.56 Å². The average molecular weight is 560 g/mol. The number of likely N-dealkylation sites (tertiary alicyclic amines) is 1. The Morgan fingerprint density at radius 3 is 2.34 bits per heavy atom. The lowest BCUT2D eigenvalue weighted by molar-refractivity contribution is -0.151. The third-order valence-corrected chi connectivity index (χ3v) is 7.64. The maximum absolute atomic E-state index is 13.3. The zero-order valence-corrected chi connectivity index (χ0v) is 23.5. The van der Waals surface area contributed by atoms with E-state index in [0.717, 1.165) is 39.9 Å². The van der Waals surface area contributed by atoms with Crippen LogP contribution in [-0.2, 0) is 38.9 Å². The van der Waals surface area contributed by atoms with Crippen LogP contribution < -0.4 is 11.2 Å². The molecule has 41 heavy (non-hydrogen) atoms. The number of carbonyl (C=O) groups is 2. The van der Waals surface area contributed by atoms with Crippen LogP contribution in [0.3, 0.4) is 0 Å². The molecule has 3 aliphatic rings. The fourth-order valence-electron chi connectivity index (χ4n) is 5.10. The van der Waals surface area contributed by atoms with Gasteiger partial charge in [0.2, 0.25) is 0 Å². The first kappa shape index (κ1) is 28.2. The molecule has 0 saturated carbocycles. The highest BCUT2D eigenvalue weighted by Crippen LogP contribution is 2.25. The minimum absolute atomic E-state index is 0.0346. The van der Waals surface area contributed by atoms with Crippen LogP contribution in [0.1, 0.15) is 36.5 Å². The molecule has 11 nitrogen and oxygen atoms in total. The van der Waals surface area contributed by atoms with Crippen molar-refractivity contribution in [3.05, 3.63) is 80.0 Å². The van der Waals surface area contributed by atoms with Crippen molar-refractivity contribution in [1.82, 2.24) is 24.0 Å². The first-order chi connectivity index (χ1) is 19.7. The van der Waals surface area contributed by atoms with Crippen LogP contribution in [0, 0.1) is 19.8 Å².